The third-order valence-electron chi connectivity index (χ3n) is 1.90. The van der Waals surface area contributed by atoms with Crippen LogP contribution in [0.15, 0.2) is 0 Å². The lowest BCUT2D eigenvalue weighted by Gasteiger charge is -2.07. The summed E-state index contributed by atoms with van der Waals surface area (Å²) in [5, 5.41) is 11.1. The first-order valence-corrected chi connectivity index (χ1v) is 5.67. The van der Waals surface area contributed by atoms with Gasteiger partial charge in [0.05, 0.1) is 0 Å². The molecule has 0 saturated heterocycles. The molecular weight excluding hydrogens is 228 g/mol. The Morgan fingerprint density at radius 3 is 2.38 bits per heavy atom. The second-order valence-electron chi connectivity index (χ2n) is 3.70. The standard InChI is InChI=1S/C9H14N4O2S/c1-4(2)8-12-13-9(16-8)7(15)11-5(3)6(10)14/h4-5H,1-3H3,(H2,10,14)(H,11,15)/t5-/m0/s1. The molecule has 88 valence electrons. The van der Waals surface area contributed by atoms with E-state index in [1.54, 1.807) is 0 Å². The van der Waals surface area contributed by atoms with Crippen LogP contribution >= 0.6 is 11.3 Å². The number of nitrogens with one attached hydrogen (secondary N) is 1. The summed E-state index contributed by atoms with van der Waals surface area (Å²) >= 11 is 1.22. The van der Waals surface area contributed by atoms with Crippen molar-refractivity contribution in [2.24, 2.45) is 5.73 Å². The van der Waals surface area contributed by atoms with Crippen LogP contribution in [0.2, 0.25) is 0 Å². The third kappa shape index (κ3) is 2.99. The van der Waals surface area contributed by atoms with Crippen LogP contribution in [0, 0.1) is 0 Å². The van der Waals surface area contributed by atoms with Gasteiger partial charge in [0.2, 0.25) is 10.9 Å². The second kappa shape index (κ2) is 5.02. The number of carbonyl (C=O) groups is 2. The van der Waals surface area contributed by atoms with E-state index in [0.717, 1.165) is 5.01 Å². The molecule has 0 unspecified atom stereocenters. The Balaban J connectivity index is 2.70. The first kappa shape index (κ1) is 12.6. The van der Waals surface area contributed by atoms with Gasteiger partial charge in [-0.25, -0.2) is 0 Å². The molecular formula is C9H14N4O2S. The highest BCUT2D eigenvalue weighted by Crippen LogP contribution is 2.18. The van der Waals surface area contributed by atoms with Gasteiger partial charge in [-0.3, -0.25) is 9.59 Å². The van der Waals surface area contributed by atoms with Crippen LogP contribution in [0.25, 0.3) is 0 Å². The molecule has 0 spiro atoms. The fourth-order valence-electron chi connectivity index (χ4n) is 0.889. The summed E-state index contributed by atoms with van der Waals surface area (Å²) < 4.78 is 0. The molecule has 1 heterocycles. The summed E-state index contributed by atoms with van der Waals surface area (Å²) in [4.78, 5) is 22.3. The van der Waals surface area contributed by atoms with Gasteiger partial charge in [-0.2, -0.15) is 0 Å². The number of rotatable bonds is 4. The Kier molecular flexibility index (Phi) is 3.94. The number of nitrogens with two attached hydrogens (primary N) is 1. The van der Waals surface area contributed by atoms with E-state index in [4.69, 9.17) is 5.73 Å². The van der Waals surface area contributed by atoms with Crippen molar-refractivity contribution in [3.8, 4) is 0 Å². The zero-order valence-electron chi connectivity index (χ0n) is 9.35. The zero-order valence-corrected chi connectivity index (χ0v) is 10.2. The molecule has 0 aliphatic heterocycles. The molecule has 1 aromatic heterocycles. The molecule has 0 aliphatic rings. The zero-order chi connectivity index (χ0) is 12.3. The highest BCUT2D eigenvalue weighted by atomic mass is 32.1. The number of hydrogen-bond donors (Lipinski definition) is 2. The van der Waals surface area contributed by atoms with Crippen LogP contribution in [0.1, 0.15) is 41.5 Å². The Hall–Kier alpha value is -1.50. The second-order valence-corrected chi connectivity index (χ2v) is 4.71. The molecule has 1 aromatic rings. The number of nitrogens with zero attached hydrogens (tertiary/aromatic N) is 2. The van der Waals surface area contributed by atoms with Gasteiger partial charge in [-0.1, -0.05) is 25.2 Å². The predicted molar refractivity (Wildman–Crippen MR) is 60.1 cm³/mol. The molecule has 1 rings (SSSR count). The van der Waals surface area contributed by atoms with Crippen LogP contribution < -0.4 is 11.1 Å². The molecule has 0 radical (unpaired) electrons. The molecule has 16 heavy (non-hydrogen) atoms. The topological polar surface area (TPSA) is 98.0 Å². The minimum atomic E-state index is -0.709. The van der Waals surface area contributed by atoms with Gasteiger partial charge in [0.15, 0.2) is 0 Å². The van der Waals surface area contributed by atoms with E-state index in [-0.39, 0.29) is 10.9 Å². The normalized spacial score (nSPS) is 12.5. The summed E-state index contributed by atoms with van der Waals surface area (Å²) in [7, 11) is 0. The molecule has 6 nitrogen and oxygen atoms in total. The first-order chi connectivity index (χ1) is 7.41. The maximum absolute atomic E-state index is 11.6. The van der Waals surface area contributed by atoms with Crippen molar-refractivity contribution in [2.75, 3.05) is 0 Å². The van der Waals surface area contributed by atoms with Crippen molar-refractivity contribution in [3.05, 3.63) is 10.0 Å². The van der Waals surface area contributed by atoms with Crippen molar-refractivity contribution in [2.45, 2.75) is 32.7 Å². The van der Waals surface area contributed by atoms with E-state index in [1.807, 2.05) is 13.8 Å². The molecule has 0 saturated carbocycles. The highest BCUT2D eigenvalue weighted by molar-refractivity contribution is 7.13. The number of aromatic nitrogens is 2. The summed E-state index contributed by atoms with van der Waals surface area (Å²) in [5.74, 6) is -0.773. The highest BCUT2D eigenvalue weighted by Gasteiger charge is 2.18. The van der Waals surface area contributed by atoms with Crippen molar-refractivity contribution >= 4 is 23.2 Å². The summed E-state index contributed by atoms with van der Waals surface area (Å²) in [6.07, 6.45) is 0. The van der Waals surface area contributed by atoms with Crippen LogP contribution in [-0.2, 0) is 4.79 Å². The van der Waals surface area contributed by atoms with E-state index in [2.05, 4.69) is 15.5 Å². The molecule has 0 fully saturated rings. The summed E-state index contributed by atoms with van der Waals surface area (Å²) in [6.45, 7) is 5.45. The fourth-order valence-corrected chi connectivity index (χ4v) is 1.64. The molecule has 1 atom stereocenters. The lowest BCUT2D eigenvalue weighted by Crippen LogP contribution is -2.42. The van der Waals surface area contributed by atoms with E-state index < -0.39 is 17.9 Å². The van der Waals surface area contributed by atoms with E-state index in [0.29, 0.717) is 0 Å². The van der Waals surface area contributed by atoms with Crippen LogP contribution in [0.5, 0.6) is 0 Å². The number of primary amides is 1. The largest absolute Gasteiger partial charge is 0.368 e. The van der Waals surface area contributed by atoms with Crippen LogP contribution in [0.4, 0.5) is 0 Å². The van der Waals surface area contributed by atoms with Gasteiger partial charge >= 0.3 is 0 Å². The molecule has 0 aromatic carbocycles. The Morgan fingerprint density at radius 1 is 1.31 bits per heavy atom. The van der Waals surface area contributed by atoms with Gasteiger partial charge in [0.25, 0.3) is 5.91 Å². The number of carbonyl (C=O) groups excluding carboxylic acids is 2. The number of amides is 2. The first-order valence-electron chi connectivity index (χ1n) is 4.85. The summed E-state index contributed by atoms with van der Waals surface area (Å²) in [6, 6.07) is -0.709. The van der Waals surface area contributed by atoms with Crippen LogP contribution in [-0.4, -0.2) is 28.1 Å². The maximum atomic E-state index is 11.6. The van der Waals surface area contributed by atoms with Gasteiger partial charge < -0.3 is 11.1 Å². The average Bonchev–Trinajstić information content (AvgIpc) is 2.65. The smallest absolute Gasteiger partial charge is 0.282 e. The van der Waals surface area contributed by atoms with Crippen molar-refractivity contribution in [1.82, 2.24) is 15.5 Å². The van der Waals surface area contributed by atoms with Crippen molar-refractivity contribution in [1.29, 1.82) is 0 Å². The lowest BCUT2D eigenvalue weighted by molar-refractivity contribution is -0.119. The quantitative estimate of drug-likeness (QED) is 0.791. The van der Waals surface area contributed by atoms with E-state index in [1.165, 1.54) is 18.3 Å². The molecule has 3 N–H and O–H groups in total. The summed E-state index contributed by atoms with van der Waals surface area (Å²) in [5.41, 5.74) is 5.03. The van der Waals surface area contributed by atoms with Gasteiger partial charge in [0, 0.05) is 5.92 Å². The number of hydrogen-bond acceptors (Lipinski definition) is 5. The van der Waals surface area contributed by atoms with E-state index in [9.17, 15) is 9.59 Å². The monoisotopic (exact) mass is 242 g/mol. The Bertz CT molecular complexity index is 402. The van der Waals surface area contributed by atoms with Gasteiger partial charge in [-0.15, -0.1) is 10.2 Å². The lowest BCUT2D eigenvalue weighted by atomic mass is 10.2. The predicted octanol–water partition coefficient (Wildman–Crippen LogP) is 0.265. The maximum Gasteiger partial charge on any atom is 0.282 e. The molecule has 0 bridgehead atoms. The van der Waals surface area contributed by atoms with Gasteiger partial charge in [0.1, 0.15) is 11.0 Å². The third-order valence-corrected chi connectivity index (χ3v) is 3.13. The van der Waals surface area contributed by atoms with Crippen LogP contribution in [0.3, 0.4) is 0 Å². The molecule has 2 amide bonds. The molecule has 7 heteroatoms. The van der Waals surface area contributed by atoms with Crippen molar-refractivity contribution < 1.29 is 9.59 Å². The van der Waals surface area contributed by atoms with Gasteiger partial charge in [-0.05, 0) is 6.92 Å². The van der Waals surface area contributed by atoms with E-state index >= 15 is 0 Å². The van der Waals surface area contributed by atoms with Crippen molar-refractivity contribution in [3.63, 3.8) is 0 Å². The minimum Gasteiger partial charge on any atom is -0.368 e. The Morgan fingerprint density at radius 2 is 1.94 bits per heavy atom. The Labute approximate surface area is 97.2 Å². The minimum absolute atomic E-state index is 0.229. The molecule has 0 aliphatic carbocycles. The SMILES string of the molecule is CC(C)c1nnc(C(=O)N[C@@H](C)C(N)=O)s1. The fraction of sp³-hybridized carbons (Fsp3) is 0.556. The average molecular weight is 242 g/mol.